The maximum atomic E-state index is 11.2. The van der Waals surface area contributed by atoms with Crippen LogP contribution in [0.4, 0.5) is 5.69 Å². The first-order chi connectivity index (χ1) is 6.06. The number of methoxy groups -OCH3 is 1. The van der Waals surface area contributed by atoms with Crippen molar-refractivity contribution < 1.29 is 9.53 Å². The van der Waals surface area contributed by atoms with Gasteiger partial charge in [-0.1, -0.05) is 4.56 Å². The maximum Gasteiger partial charge on any atom is 0.339 e. The van der Waals surface area contributed by atoms with Gasteiger partial charge in [-0.25, -0.2) is 4.79 Å². The third kappa shape index (κ3) is 2.24. The second-order valence-electron chi connectivity index (χ2n) is 2.39. The Balaban J connectivity index is 3.28. The van der Waals surface area contributed by atoms with Gasteiger partial charge in [-0.2, -0.15) is 0 Å². The highest BCUT2D eigenvalue weighted by Gasteiger charge is 2.11. The molecule has 2 N–H and O–H groups in total. The first kappa shape index (κ1) is 10.6. The minimum Gasteiger partial charge on any atom is -0.465 e. The molecule has 1 heterocycles. The highest BCUT2D eigenvalue weighted by molar-refractivity contribution is 6.38. The van der Waals surface area contributed by atoms with Crippen LogP contribution in [0.5, 0.6) is 0 Å². The van der Waals surface area contributed by atoms with Crippen LogP contribution in [0, 0.1) is 0 Å². The fourth-order valence-electron chi connectivity index (χ4n) is 0.874. The van der Waals surface area contributed by atoms with Crippen LogP contribution in [-0.4, -0.2) is 50.6 Å². The summed E-state index contributed by atoms with van der Waals surface area (Å²) >= 11 is 4.76. The van der Waals surface area contributed by atoms with E-state index in [0.717, 1.165) is 0 Å². The maximum absolute atomic E-state index is 11.2. The van der Waals surface area contributed by atoms with Crippen molar-refractivity contribution in [3.05, 3.63) is 11.6 Å². The Morgan fingerprint density at radius 3 is 2.77 bits per heavy atom. The minimum atomic E-state index is -0.452. The van der Waals surface area contributed by atoms with Gasteiger partial charge in [0.05, 0.1) is 12.7 Å². The van der Waals surface area contributed by atoms with Crippen LogP contribution in [0.25, 0.3) is 0 Å². The Kier molecular flexibility index (Phi) is 3.36. The van der Waals surface area contributed by atoms with Gasteiger partial charge in [0.2, 0.25) is 32.6 Å². The van der Waals surface area contributed by atoms with Crippen molar-refractivity contribution in [2.75, 3.05) is 12.8 Å². The summed E-state index contributed by atoms with van der Waals surface area (Å²) in [7, 11) is 1.31. The molecular weight excluding hydrogens is 198 g/mol. The smallest absolute Gasteiger partial charge is 0.339 e. The number of nitrogen functional groups attached to an aromatic ring is 1. The molecule has 1 rings (SSSR count). The molecule has 1 aromatic rings. The SMILES string of the molecule is COC(=O)c1c[c]([Al])n[c]([Al])c1N. The number of nitrogens with zero attached hydrogens (tertiary/aromatic N) is 1. The van der Waals surface area contributed by atoms with E-state index in [0.29, 0.717) is 20.4 Å². The number of pyridine rings is 1. The molecule has 0 saturated carbocycles. The molecule has 0 aliphatic heterocycles. The van der Waals surface area contributed by atoms with Gasteiger partial charge in [-0.3, -0.25) is 4.98 Å². The topological polar surface area (TPSA) is 65.2 Å². The van der Waals surface area contributed by atoms with Gasteiger partial charge in [-0.05, 0) is 10.6 Å². The van der Waals surface area contributed by atoms with Crippen LogP contribution in [0.2, 0.25) is 0 Å². The molecule has 0 amide bonds. The van der Waals surface area contributed by atoms with Gasteiger partial charge in [-0.15, -0.1) is 0 Å². The van der Waals surface area contributed by atoms with Crippen LogP contribution in [-0.2, 0) is 4.74 Å². The largest absolute Gasteiger partial charge is 0.465 e. The van der Waals surface area contributed by atoms with Crippen molar-refractivity contribution in [3.63, 3.8) is 0 Å². The molecule has 4 radical (unpaired) electrons. The number of ether oxygens (including phenoxy) is 1. The Morgan fingerprint density at radius 2 is 2.23 bits per heavy atom. The molecule has 1 aromatic heterocycles. The fourth-order valence-corrected chi connectivity index (χ4v) is 1.63. The average Bonchev–Trinajstić information content (AvgIpc) is 2.10. The lowest BCUT2D eigenvalue weighted by atomic mass is 10.2. The first-order valence-corrected chi connectivity index (χ1v) is 4.61. The lowest BCUT2D eigenvalue weighted by molar-refractivity contribution is 0.0602. The number of nitrogens with two attached hydrogens (primary N) is 1. The van der Waals surface area contributed by atoms with Crippen molar-refractivity contribution in [1.29, 1.82) is 0 Å². The zero-order valence-electron chi connectivity index (χ0n) is 7.07. The van der Waals surface area contributed by atoms with Gasteiger partial charge < -0.3 is 10.5 Å². The summed E-state index contributed by atoms with van der Waals surface area (Å²) in [6, 6.07) is 1.57. The number of aromatic nitrogens is 1. The van der Waals surface area contributed by atoms with Crippen LogP contribution < -0.4 is 14.8 Å². The molecule has 13 heavy (non-hydrogen) atoms. The van der Waals surface area contributed by atoms with Crippen LogP contribution >= 0.6 is 0 Å². The second kappa shape index (κ2) is 4.13. The molecule has 0 unspecified atom stereocenters. The molecule has 0 bridgehead atoms. The quantitative estimate of drug-likeness (QED) is 0.426. The highest BCUT2D eigenvalue weighted by Crippen LogP contribution is 2.05. The van der Waals surface area contributed by atoms with Gasteiger partial charge >= 0.3 is 5.97 Å². The van der Waals surface area contributed by atoms with E-state index in [-0.39, 0.29) is 0 Å². The molecule has 0 atom stereocenters. The van der Waals surface area contributed by atoms with E-state index in [1.54, 1.807) is 6.07 Å². The van der Waals surface area contributed by atoms with Crippen LogP contribution in [0.3, 0.4) is 0 Å². The number of anilines is 1. The summed E-state index contributed by atoms with van der Waals surface area (Å²) < 4.78 is 5.76. The molecule has 0 aliphatic rings. The summed E-state index contributed by atoms with van der Waals surface area (Å²) in [5, 5.41) is 0. The Hall–Kier alpha value is -0.515. The normalized spacial score (nSPS) is 9.62. The molecular formula is C7H6Al2N2O2. The van der Waals surface area contributed by atoms with Gasteiger partial charge in [0.1, 0.15) is 0 Å². The van der Waals surface area contributed by atoms with Gasteiger partial charge in [0.15, 0.2) is 0 Å². The summed E-state index contributed by atoms with van der Waals surface area (Å²) in [6.07, 6.45) is 0. The lowest BCUT2D eigenvalue weighted by Gasteiger charge is -2.08. The minimum absolute atomic E-state index is 0.336. The first-order valence-electron chi connectivity index (χ1n) is 3.46. The van der Waals surface area contributed by atoms with E-state index in [9.17, 15) is 4.79 Å². The van der Waals surface area contributed by atoms with Crippen molar-refractivity contribution in [3.8, 4) is 0 Å². The summed E-state index contributed by atoms with van der Waals surface area (Å²) in [5.41, 5.74) is 6.31. The molecule has 6 heteroatoms. The van der Waals surface area contributed by atoms with Crippen molar-refractivity contribution in [2.24, 2.45) is 0 Å². The van der Waals surface area contributed by atoms with E-state index < -0.39 is 5.97 Å². The monoisotopic (exact) mass is 204 g/mol. The number of hydrogen-bond donors (Lipinski definition) is 1. The molecule has 0 aliphatic carbocycles. The van der Waals surface area contributed by atoms with Crippen LogP contribution in [0.1, 0.15) is 10.4 Å². The molecule has 0 saturated heterocycles. The Morgan fingerprint density at radius 1 is 1.62 bits per heavy atom. The van der Waals surface area contributed by atoms with E-state index in [1.165, 1.54) is 7.11 Å². The molecule has 4 nitrogen and oxygen atoms in total. The third-order valence-electron chi connectivity index (χ3n) is 1.51. The molecule has 0 aromatic carbocycles. The Labute approximate surface area is 92.3 Å². The number of carbonyl (C=O) groups is 1. The van der Waals surface area contributed by atoms with Crippen molar-refractivity contribution >= 4 is 53.3 Å². The Bertz CT molecular complexity index is 355. The zero-order valence-corrected chi connectivity index (χ0v) is 9.38. The van der Waals surface area contributed by atoms with Gasteiger partial charge in [0, 0.05) is 5.69 Å². The lowest BCUT2D eigenvalue weighted by Crippen LogP contribution is -2.27. The number of carbonyl (C=O) groups excluding carboxylic acids is 1. The van der Waals surface area contributed by atoms with E-state index >= 15 is 0 Å². The summed E-state index contributed by atoms with van der Waals surface area (Å²) in [4.78, 5) is 15.2. The van der Waals surface area contributed by atoms with Crippen molar-refractivity contribution in [2.45, 2.75) is 0 Å². The summed E-state index contributed by atoms with van der Waals surface area (Å²) in [6.45, 7) is 0. The second-order valence-corrected chi connectivity index (χ2v) is 3.52. The zero-order chi connectivity index (χ0) is 10.0. The molecule has 62 valence electrons. The van der Waals surface area contributed by atoms with Gasteiger partial charge in [0.25, 0.3) is 0 Å². The van der Waals surface area contributed by atoms with E-state index in [2.05, 4.69) is 42.3 Å². The average molecular weight is 204 g/mol. The van der Waals surface area contributed by atoms with Crippen LogP contribution in [0.15, 0.2) is 6.07 Å². The van der Waals surface area contributed by atoms with E-state index in [1.807, 2.05) is 0 Å². The molecule has 0 spiro atoms. The van der Waals surface area contributed by atoms with Crippen molar-refractivity contribution in [1.82, 2.24) is 4.98 Å². The number of rotatable bonds is 1. The molecule has 0 fully saturated rings. The standard InChI is InChI=1S/C7H6N2O2.2Al/c1-11-7(10)5-2-3-9-4-6(5)8;;/h2H,8H2,1H3;;. The predicted octanol–water partition coefficient (Wildman–Crippen LogP) is -1.96. The highest BCUT2D eigenvalue weighted by atomic mass is 27.1. The van der Waals surface area contributed by atoms with E-state index in [4.69, 9.17) is 5.73 Å². The third-order valence-corrected chi connectivity index (χ3v) is 2.25. The summed E-state index contributed by atoms with van der Waals surface area (Å²) in [5.74, 6) is -0.452. The predicted molar refractivity (Wildman–Crippen MR) is 50.8 cm³/mol. The number of hydrogen-bond acceptors (Lipinski definition) is 4. The fraction of sp³-hybridized carbons (Fsp3) is 0.143. The number of esters is 1.